The summed E-state index contributed by atoms with van der Waals surface area (Å²) in [5.74, 6) is -2.08. The lowest BCUT2D eigenvalue weighted by atomic mass is 10.1. The minimum absolute atomic E-state index is 0.0782. The van der Waals surface area contributed by atoms with E-state index in [0.717, 1.165) is 18.1 Å². The number of nitrogens with one attached hydrogen (secondary N) is 1. The van der Waals surface area contributed by atoms with Crippen LogP contribution >= 0.6 is 0 Å². The SMILES string of the molecule is [C-]#[N+]c1ccc(NC(=O)[C@H](OC(C)=O)[C@H]2OCCN(c3cccc(CC(=O)N(C)C)c3)C2=O)cc1CC. The van der Waals surface area contributed by atoms with E-state index in [1.807, 2.05) is 6.92 Å². The van der Waals surface area contributed by atoms with Crippen molar-refractivity contribution in [1.82, 2.24) is 4.90 Å². The van der Waals surface area contributed by atoms with Gasteiger partial charge in [-0.1, -0.05) is 25.1 Å². The number of nitrogens with zero attached hydrogens (tertiary/aromatic N) is 3. The van der Waals surface area contributed by atoms with Crippen LogP contribution in [0.25, 0.3) is 4.85 Å². The smallest absolute Gasteiger partial charge is 0.303 e. The number of rotatable bonds is 8. The highest BCUT2D eigenvalue weighted by Gasteiger charge is 2.42. The zero-order chi connectivity index (χ0) is 27.1. The molecule has 1 saturated heterocycles. The van der Waals surface area contributed by atoms with Crippen LogP contribution in [0.3, 0.4) is 0 Å². The zero-order valence-corrected chi connectivity index (χ0v) is 21.3. The number of aryl methyl sites for hydroxylation is 1. The first-order chi connectivity index (χ1) is 17.6. The van der Waals surface area contributed by atoms with Gasteiger partial charge in [-0.15, -0.1) is 0 Å². The van der Waals surface area contributed by atoms with Crippen molar-refractivity contribution in [2.24, 2.45) is 0 Å². The number of benzene rings is 2. The van der Waals surface area contributed by atoms with Crippen LogP contribution in [0.15, 0.2) is 42.5 Å². The van der Waals surface area contributed by atoms with E-state index in [-0.39, 0.29) is 25.5 Å². The van der Waals surface area contributed by atoms with Gasteiger partial charge in [-0.2, -0.15) is 0 Å². The van der Waals surface area contributed by atoms with Crippen molar-refractivity contribution < 1.29 is 28.7 Å². The number of ether oxygens (including phenoxy) is 2. The highest BCUT2D eigenvalue weighted by atomic mass is 16.6. The van der Waals surface area contributed by atoms with Crippen LogP contribution in [0.1, 0.15) is 25.0 Å². The Hall–Kier alpha value is -4.23. The fourth-order valence-corrected chi connectivity index (χ4v) is 3.95. The molecule has 0 aliphatic carbocycles. The second-order valence-corrected chi connectivity index (χ2v) is 8.74. The molecule has 2 aromatic carbocycles. The molecule has 194 valence electrons. The highest BCUT2D eigenvalue weighted by Crippen LogP contribution is 2.26. The van der Waals surface area contributed by atoms with E-state index in [1.54, 1.807) is 56.6 Å². The van der Waals surface area contributed by atoms with E-state index in [1.165, 1.54) is 9.80 Å². The number of esters is 1. The van der Waals surface area contributed by atoms with Crippen molar-refractivity contribution in [3.05, 3.63) is 65.0 Å². The molecule has 0 bridgehead atoms. The van der Waals surface area contributed by atoms with Crippen LogP contribution < -0.4 is 10.2 Å². The molecule has 0 radical (unpaired) electrons. The molecule has 1 heterocycles. The molecule has 1 N–H and O–H groups in total. The number of morpholine rings is 1. The van der Waals surface area contributed by atoms with Crippen LogP contribution in [0.4, 0.5) is 17.1 Å². The Morgan fingerprint density at radius 1 is 1.24 bits per heavy atom. The van der Waals surface area contributed by atoms with Gasteiger partial charge < -0.3 is 24.6 Å². The van der Waals surface area contributed by atoms with Gasteiger partial charge in [0, 0.05) is 38.9 Å². The normalized spacial score (nSPS) is 15.9. The van der Waals surface area contributed by atoms with Gasteiger partial charge in [-0.25, -0.2) is 4.85 Å². The maximum Gasteiger partial charge on any atom is 0.303 e. The zero-order valence-electron chi connectivity index (χ0n) is 21.3. The van der Waals surface area contributed by atoms with Gasteiger partial charge >= 0.3 is 5.97 Å². The lowest BCUT2D eigenvalue weighted by Crippen LogP contribution is -2.56. The summed E-state index contributed by atoms with van der Waals surface area (Å²) in [6.45, 7) is 10.6. The molecule has 3 rings (SSSR count). The van der Waals surface area contributed by atoms with Crippen LogP contribution in [0.5, 0.6) is 0 Å². The van der Waals surface area contributed by atoms with E-state index in [4.69, 9.17) is 16.0 Å². The quantitative estimate of drug-likeness (QED) is 0.436. The predicted octanol–water partition coefficient (Wildman–Crippen LogP) is 2.73. The average molecular weight is 507 g/mol. The first-order valence-corrected chi connectivity index (χ1v) is 11.8. The predicted molar refractivity (Wildman–Crippen MR) is 137 cm³/mol. The Kier molecular flexibility index (Phi) is 8.98. The second-order valence-electron chi connectivity index (χ2n) is 8.74. The monoisotopic (exact) mass is 506 g/mol. The van der Waals surface area contributed by atoms with Gasteiger partial charge in [0.25, 0.3) is 11.8 Å². The van der Waals surface area contributed by atoms with Crippen molar-refractivity contribution in [2.75, 3.05) is 37.5 Å². The minimum Gasteiger partial charge on any atom is -0.449 e. The molecule has 2 atom stereocenters. The summed E-state index contributed by atoms with van der Waals surface area (Å²) in [6.07, 6.45) is -2.13. The molecule has 37 heavy (non-hydrogen) atoms. The van der Waals surface area contributed by atoms with E-state index < -0.39 is 30.0 Å². The third-order valence-corrected chi connectivity index (χ3v) is 5.87. The molecule has 3 amide bonds. The van der Waals surface area contributed by atoms with Gasteiger partial charge in [0.15, 0.2) is 11.8 Å². The number of carbonyl (C=O) groups is 4. The number of likely N-dealkylation sites (N-methyl/N-ethyl adjacent to an activating group) is 1. The third kappa shape index (κ3) is 6.71. The van der Waals surface area contributed by atoms with E-state index >= 15 is 0 Å². The van der Waals surface area contributed by atoms with Crippen molar-refractivity contribution in [3.8, 4) is 0 Å². The van der Waals surface area contributed by atoms with E-state index in [0.29, 0.717) is 23.5 Å². The summed E-state index contributed by atoms with van der Waals surface area (Å²) in [4.78, 5) is 57.0. The number of carbonyl (C=O) groups excluding carboxylic acids is 4. The fraction of sp³-hybridized carbons (Fsp3) is 0.370. The van der Waals surface area contributed by atoms with Gasteiger partial charge in [0.2, 0.25) is 12.0 Å². The summed E-state index contributed by atoms with van der Waals surface area (Å²) in [5.41, 5.74) is 2.92. The maximum atomic E-state index is 13.5. The lowest BCUT2D eigenvalue weighted by molar-refractivity contribution is -0.167. The highest BCUT2D eigenvalue weighted by molar-refractivity contribution is 6.04. The maximum absolute atomic E-state index is 13.5. The molecule has 0 aromatic heterocycles. The van der Waals surface area contributed by atoms with Crippen molar-refractivity contribution in [3.63, 3.8) is 0 Å². The molecule has 1 aliphatic rings. The Labute approximate surface area is 216 Å². The number of amides is 3. The Bertz CT molecular complexity index is 1240. The van der Waals surface area contributed by atoms with Crippen LogP contribution in [-0.2, 0) is 41.5 Å². The molecule has 0 spiro atoms. The molecule has 2 aromatic rings. The molecule has 10 nitrogen and oxygen atoms in total. The van der Waals surface area contributed by atoms with E-state index in [9.17, 15) is 19.2 Å². The molecule has 1 aliphatic heterocycles. The molecule has 10 heteroatoms. The molecular weight excluding hydrogens is 476 g/mol. The minimum atomic E-state index is -1.53. The van der Waals surface area contributed by atoms with Gasteiger partial charge in [0.1, 0.15) is 0 Å². The number of hydrogen-bond donors (Lipinski definition) is 1. The first kappa shape index (κ1) is 27.4. The molecule has 0 unspecified atom stereocenters. The fourth-order valence-electron chi connectivity index (χ4n) is 3.95. The van der Waals surface area contributed by atoms with Gasteiger partial charge in [-0.3, -0.25) is 19.2 Å². The summed E-state index contributed by atoms with van der Waals surface area (Å²) in [5, 5.41) is 2.68. The Morgan fingerprint density at radius 3 is 2.65 bits per heavy atom. The first-order valence-electron chi connectivity index (χ1n) is 11.8. The third-order valence-electron chi connectivity index (χ3n) is 5.87. The van der Waals surface area contributed by atoms with Crippen molar-refractivity contribution in [2.45, 2.75) is 38.9 Å². The van der Waals surface area contributed by atoms with Crippen molar-refractivity contribution in [1.29, 1.82) is 0 Å². The van der Waals surface area contributed by atoms with Gasteiger partial charge in [-0.05, 0) is 41.8 Å². The van der Waals surface area contributed by atoms with Crippen molar-refractivity contribution >= 4 is 40.8 Å². The summed E-state index contributed by atoms with van der Waals surface area (Å²) in [7, 11) is 3.34. The summed E-state index contributed by atoms with van der Waals surface area (Å²) < 4.78 is 10.9. The summed E-state index contributed by atoms with van der Waals surface area (Å²) in [6, 6.07) is 11.9. The summed E-state index contributed by atoms with van der Waals surface area (Å²) >= 11 is 0. The second kappa shape index (κ2) is 12.1. The Morgan fingerprint density at radius 2 is 2.00 bits per heavy atom. The van der Waals surface area contributed by atoms with Crippen LogP contribution in [0, 0.1) is 6.57 Å². The number of hydrogen-bond acceptors (Lipinski definition) is 6. The molecule has 1 fully saturated rings. The van der Waals surface area contributed by atoms with Crippen LogP contribution in [0.2, 0.25) is 0 Å². The van der Waals surface area contributed by atoms with Gasteiger partial charge in [0.05, 0.1) is 19.6 Å². The molecule has 0 saturated carbocycles. The molecular formula is C27H30N4O6. The van der Waals surface area contributed by atoms with Crippen LogP contribution in [-0.4, -0.2) is 68.0 Å². The Balaban J connectivity index is 1.84. The largest absolute Gasteiger partial charge is 0.449 e. The average Bonchev–Trinajstić information content (AvgIpc) is 2.87. The van der Waals surface area contributed by atoms with E-state index in [2.05, 4.69) is 10.2 Å². The topological polar surface area (TPSA) is 110 Å². The lowest BCUT2D eigenvalue weighted by Gasteiger charge is -2.35. The standard InChI is InChI=1S/C27H30N4O6/c1-6-19-16-20(10-11-22(19)28-3)29-26(34)24(37-17(2)32)25-27(35)31(12-13-36-25)21-9-7-8-18(14-21)15-23(33)30(4)5/h7-11,14,16,24-25H,6,12-13,15H2,1-2,4-5H3,(H,29,34)/t24-,25-/m1/s1. The number of anilines is 2.